The minimum Gasteiger partial charge on any atom is -0.269 e. The molecule has 2 heterocycles. The average Bonchev–Trinajstić information content (AvgIpc) is 3.10. The van der Waals surface area contributed by atoms with Crippen LogP contribution in [-0.2, 0) is 5.75 Å². The smallest absolute Gasteiger partial charge is 0.258 e. The predicted molar refractivity (Wildman–Crippen MR) is 101 cm³/mol. The van der Waals surface area contributed by atoms with Crippen molar-refractivity contribution in [3.63, 3.8) is 0 Å². The molecule has 0 amide bonds. The first-order valence-corrected chi connectivity index (χ1v) is 9.40. The van der Waals surface area contributed by atoms with Gasteiger partial charge in [-0.3, -0.25) is 9.20 Å². The summed E-state index contributed by atoms with van der Waals surface area (Å²) >= 11 is 3.17. The van der Waals surface area contributed by atoms with E-state index in [9.17, 15) is 4.79 Å². The van der Waals surface area contributed by atoms with Crippen LogP contribution in [0.2, 0.25) is 0 Å². The van der Waals surface area contributed by atoms with Crippen molar-refractivity contribution in [3.05, 3.63) is 88.3 Å². The molecule has 118 valence electrons. The van der Waals surface area contributed by atoms with Gasteiger partial charge >= 0.3 is 0 Å². The van der Waals surface area contributed by atoms with Crippen molar-refractivity contribution in [2.24, 2.45) is 0 Å². The minimum atomic E-state index is -0.0173. The molecule has 0 saturated carbocycles. The molecule has 24 heavy (non-hydrogen) atoms. The number of hydrogen-bond acceptors (Lipinski definition) is 4. The third-order valence-corrected chi connectivity index (χ3v) is 5.51. The van der Waals surface area contributed by atoms with Crippen LogP contribution in [0.15, 0.2) is 81.9 Å². The summed E-state index contributed by atoms with van der Waals surface area (Å²) in [5.74, 6) is 0.689. The average molecular weight is 350 g/mol. The number of fused-ring (bicyclic) bond motifs is 1. The second kappa shape index (κ2) is 6.63. The maximum absolute atomic E-state index is 12.0. The lowest BCUT2D eigenvalue weighted by Gasteiger charge is -2.05. The molecule has 0 saturated heterocycles. The molecule has 5 heteroatoms. The maximum Gasteiger partial charge on any atom is 0.258 e. The van der Waals surface area contributed by atoms with E-state index in [0.29, 0.717) is 5.75 Å². The fraction of sp³-hybridized carbons (Fsp3) is 0.0526. The van der Waals surface area contributed by atoms with E-state index >= 15 is 0 Å². The van der Waals surface area contributed by atoms with Crippen molar-refractivity contribution >= 4 is 28.1 Å². The van der Waals surface area contributed by atoms with E-state index in [0.717, 1.165) is 10.7 Å². The Hall–Kier alpha value is -2.37. The van der Waals surface area contributed by atoms with Crippen LogP contribution in [-0.4, -0.2) is 9.38 Å². The Morgan fingerprint density at radius 3 is 2.54 bits per heavy atom. The van der Waals surface area contributed by atoms with Crippen molar-refractivity contribution in [3.8, 4) is 11.1 Å². The summed E-state index contributed by atoms with van der Waals surface area (Å²) in [7, 11) is 0. The van der Waals surface area contributed by atoms with Gasteiger partial charge in [0.25, 0.3) is 5.56 Å². The molecule has 0 radical (unpaired) electrons. The molecule has 0 spiro atoms. The summed E-state index contributed by atoms with van der Waals surface area (Å²) < 4.78 is 1.58. The Morgan fingerprint density at radius 2 is 1.75 bits per heavy atom. The molecule has 4 aromatic rings. The molecule has 0 bridgehead atoms. The largest absolute Gasteiger partial charge is 0.269 e. The standard InChI is InChI=1S/C19H14N2OS2/c22-18-12-16(20-19-21(18)10-11-23-19)13-24-17-8-6-15(7-9-17)14-4-2-1-3-5-14/h1-12H,13H2. The first-order chi connectivity index (χ1) is 11.8. The van der Waals surface area contributed by atoms with E-state index in [1.165, 1.54) is 27.4 Å². The maximum atomic E-state index is 12.0. The molecule has 0 N–H and O–H groups in total. The Morgan fingerprint density at radius 1 is 1.00 bits per heavy atom. The molecule has 2 aromatic heterocycles. The van der Waals surface area contributed by atoms with Crippen LogP contribution in [0.4, 0.5) is 0 Å². The van der Waals surface area contributed by atoms with Gasteiger partial charge in [0.2, 0.25) is 0 Å². The van der Waals surface area contributed by atoms with E-state index in [4.69, 9.17) is 0 Å². The van der Waals surface area contributed by atoms with Crippen molar-refractivity contribution in [2.75, 3.05) is 0 Å². The Kier molecular flexibility index (Phi) is 4.19. The van der Waals surface area contributed by atoms with E-state index < -0.39 is 0 Å². The number of thiazole rings is 1. The van der Waals surface area contributed by atoms with Crippen LogP contribution in [0.1, 0.15) is 5.69 Å². The van der Waals surface area contributed by atoms with Gasteiger partial charge in [0.1, 0.15) is 0 Å². The second-order valence-electron chi connectivity index (χ2n) is 5.32. The molecule has 0 aliphatic rings. The highest BCUT2D eigenvalue weighted by atomic mass is 32.2. The van der Waals surface area contributed by atoms with E-state index in [2.05, 4.69) is 41.4 Å². The number of nitrogens with zero attached hydrogens (tertiary/aromatic N) is 2. The minimum absolute atomic E-state index is 0.0173. The topological polar surface area (TPSA) is 34.4 Å². The summed E-state index contributed by atoms with van der Waals surface area (Å²) in [6.45, 7) is 0. The van der Waals surface area contributed by atoms with Gasteiger partial charge in [0, 0.05) is 28.3 Å². The normalized spacial score (nSPS) is 11.0. The zero-order chi connectivity index (χ0) is 16.4. The van der Waals surface area contributed by atoms with Crippen LogP contribution in [0.3, 0.4) is 0 Å². The van der Waals surface area contributed by atoms with E-state index in [1.807, 2.05) is 23.6 Å². The SMILES string of the molecule is O=c1cc(CSc2ccc(-c3ccccc3)cc2)nc2sccn12. The van der Waals surface area contributed by atoms with Gasteiger partial charge in [-0.05, 0) is 23.3 Å². The molecule has 4 rings (SSSR count). The summed E-state index contributed by atoms with van der Waals surface area (Å²) in [4.78, 5) is 18.4. The monoisotopic (exact) mass is 350 g/mol. The Balaban J connectivity index is 1.50. The van der Waals surface area contributed by atoms with Crippen LogP contribution < -0.4 is 5.56 Å². The molecule has 0 fully saturated rings. The Labute approximate surface area is 147 Å². The highest BCUT2D eigenvalue weighted by Gasteiger charge is 2.04. The van der Waals surface area contributed by atoms with Crippen molar-refractivity contribution in [2.45, 2.75) is 10.6 Å². The number of thioether (sulfide) groups is 1. The van der Waals surface area contributed by atoms with Gasteiger partial charge < -0.3 is 0 Å². The second-order valence-corrected chi connectivity index (χ2v) is 7.24. The van der Waals surface area contributed by atoms with Gasteiger partial charge in [-0.15, -0.1) is 23.1 Å². The highest BCUT2D eigenvalue weighted by molar-refractivity contribution is 7.98. The molecule has 0 aliphatic carbocycles. The number of rotatable bonds is 4. The van der Waals surface area contributed by atoms with Crippen LogP contribution in [0.5, 0.6) is 0 Å². The highest BCUT2D eigenvalue weighted by Crippen LogP contribution is 2.26. The zero-order valence-corrected chi connectivity index (χ0v) is 14.4. The van der Waals surface area contributed by atoms with Gasteiger partial charge in [0.05, 0.1) is 5.69 Å². The van der Waals surface area contributed by atoms with Crippen molar-refractivity contribution < 1.29 is 0 Å². The molecule has 3 nitrogen and oxygen atoms in total. The third-order valence-electron chi connectivity index (χ3n) is 3.70. The van der Waals surface area contributed by atoms with E-state index in [-0.39, 0.29) is 5.56 Å². The predicted octanol–water partition coefficient (Wildman–Crippen LogP) is 4.72. The summed E-state index contributed by atoms with van der Waals surface area (Å²) in [5, 5.41) is 1.88. The van der Waals surface area contributed by atoms with Crippen LogP contribution in [0.25, 0.3) is 16.1 Å². The van der Waals surface area contributed by atoms with E-state index in [1.54, 1.807) is 28.4 Å². The third kappa shape index (κ3) is 3.13. The lowest BCUT2D eigenvalue weighted by Crippen LogP contribution is -2.12. The van der Waals surface area contributed by atoms with Crippen molar-refractivity contribution in [1.82, 2.24) is 9.38 Å². The van der Waals surface area contributed by atoms with Crippen LogP contribution >= 0.6 is 23.1 Å². The van der Waals surface area contributed by atoms with Gasteiger partial charge in [-0.1, -0.05) is 42.5 Å². The number of hydrogen-bond donors (Lipinski definition) is 0. The molecule has 0 unspecified atom stereocenters. The molecular weight excluding hydrogens is 336 g/mol. The van der Waals surface area contributed by atoms with Gasteiger partial charge in [-0.2, -0.15) is 0 Å². The van der Waals surface area contributed by atoms with Gasteiger partial charge in [-0.25, -0.2) is 4.98 Å². The molecule has 2 aromatic carbocycles. The van der Waals surface area contributed by atoms with Crippen LogP contribution in [0, 0.1) is 0 Å². The van der Waals surface area contributed by atoms with Gasteiger partial charge in [0.15, 0.2) is 4.96 Å². The molecule has 0 atom stereocenters. The fourth-order valence-electron chi connectivity index (χ4n) is 2.49. The quantitative estimate of drug-likeness (QED) is 0.500. The lowest BCUT2D eigenvalue weighted by molar-refractivity contribution is 1.04. The molecular formula is C19H14N2OS2. The first-order valence-electron chi connectivity index (χ1n) is 7.54. The van der Waals surface area contributed by atoms with Crippen molar-refractivity contribution in [1.29, 1.82) is 0 Å². The molecule has 0 aliphatic heterocycles. The summed E-state index contributed by atoms with van der Waals surface area (Å²) in [6, 6.07) is 20.4. The number of benzene rings is 2. The summed E-state index contributed by atoms with van der Waals surface area (Å²) in [5.41, 5.74) is 3.22. The fourth-order valence-corrected chi connectivity index (χ4v) is 4.02. The lowest BCUT2D eigenvalue weighted by atomic mass is 10.1. The first kappa shape index (κ1) is 15.2. The zero-order valence-electron chi connectivity index (χ0n) is 12.8. The number of aromatic nitrogens is 2. The summed E-state index contributed by atoms with van der Waals surface area (Å²) in [6.07, 6.45) is 1.76. The Bertz CT molecular complexity index is 1020.